The molecule has 0 heterocycles. The molecule has 0 aliphatic carbocycles. The summed E-state index contributed by atoms with van der Waals surface area (Å²) in [5.41, 5.74) is 0. The van der Waals surface area contributed by atoms with Crippen LogP contribution in [0.25, 0.3) is 0 Å². The third kappa shape index (κ3) is 6.71. The summed E-state index contributed by atoms with van der Waals surface area (Å²) in [6.45, 7) is 0. The maximum absolute atomic E-state index is 14.7. The second kappa shape index (κ2) is 13.9. The topological polar surface area (TPSA) is 0 Å². The van der Waals surface area contributed by atoms with Gasteiger partial charge >= 0.3 is 4.59 Å². The number of hydrogen-bond donors (Lipinski definition) is 0. The molecule has 0 aromatic heterocycles. The van der Waals surface area contributed by atoms with Gasteiger partial charge in [0.2, 0.25) is 11.6 Å². The first-order chi connectivity index (χ1) is 22.5. The minimum absolute atomic E-state index is 1.09. The summed E-state index contributed by atoms with van der Waals surface area (Å²) < 4.78 is 277. The molecule has 49 heavy (non-hydrogen) atoms. The number of benzene rings is 4. The highest BCUT2D eigenvalue weighted by atomic mass is 32.2. The minimum Gasteiger partial charge on any atom is -0.202 e. The Kier molecular flexibility index (Phi) is 11.0. The van der Waals surface area contributed by atoms with Gasteiger partial charge in [-0.1, -0.05) is 23.5 Å². The van der Waals surface area contributed by atoms with Gasteiger partial charge in [0.15, 0.2) is 93.1 Å². The van der Waals surface area contributed by atoms with Crippen LogP contribution in [0.2, 0.25) is 0 Å². The van der Waals surface area contributed by atoms with Crippen LogP contribution >= 0.6 is 47.0 Å². The fourth-order valence-corrected chi connectivity index (χ4v) is 7.05. The normalized spacial score (nSPS) is 12.0. The highest BCUT2D eigenvalue weighted by Crippen LogP contribution is 2.53. The second-order valence-electron chi connectivity index (χ2n) is 8.50. The number of alkyl halides is 2. The molecule has 0 saturated carbocycles. The first-order valence-corrected chi connectivity index (χ1v) is 14.7. The Hall–Kier alpha value is -3.12. The Morgan fingerprint density at radius 3 is 0.592 bits per heavy atom. The van der Waals surface area contributed by atoms with Crippen LogP contribution in [0, 0.1) is 105 Å². The van der Waals surface area contributed by atoms with Crippen molar-refractivity contribution in [2.45, 2.75) is 34.0 Å². The minimum atomic E-state index is -5.11. The number of rotatable bonds is 8. The van der Waals surface area contributed by atoms with Gasteiger partial charge < -0.3 is 0 Å². The lowest BCUT2D eigenvalue weighted by Gasteiger charge is -2.18. The molecule has 0 fully saturated rings. The molecule has 0 nitrogen and oxygen atoms in total. The molecule has 0 atom stereocenters. The number of halogens is 20. The quantitative estimate of drug-likeness (QED) is 0.0571. The van der Waals surface area contributed by atoms with E-state index in [1.165, 1.54) is 0 Å². The fourth-order valence-electron chi connectivity index (χ4n) is 3.35. The molecule has 24 heteroatoms. The largest absolute Gasteiger partial charge is 0.350 e. The molecule has 4 rings (SSSR count). The van der Waals surface area contributed by atoms with Gasteiger partial charge in [-0.3, -0.25) is 0 Å². The zero-order valence-electron chi connectivity index (χ0n) is 21.7. The maximum atomic E-state index is 14.7. The summed E-state index contributed by atoms with van der Waals surface area (Å²) in [4.78, 5) is -13.4. The summed E-state index contributed by atoms with van der Waals surface area (Å²) in [7, 11) is 0. The monoisotopic (exact) mass is 808 g/mol. The summed E-state index contributed by atoms with van der Waals surface area (Å²) in [5, 5.41) is 0. The Morgan fingerprint density at radius 2 is 0.367 bits per heavy atom. The average molecular weight is 809 g/mol. The highest BCUT2D eigenvalue weighted by molar-refractivity contribution is 8.17. The van der Waals surface area contributed by atoms with Crippen molar-refractivity contribution >= 4 is 47.0 Å². The van der Waals surface area contributed by atoms with Crippen LogP contribution in [0.5, 0.6) is 0 Å². The molecule has 0 spiro atoms. The summed E-state index contributed by atoms with van der Waals surface area (Å²) >= 11 is -5.44. The van der Waals surface area contributed by atoms with Crippen LogP contribution in [0.15, 0.2) is 29.4 Å². The van der Waals surface area contributed by atoms with Gasteiger partial charge in [0.25, 0.3) is 0 Å². The van der Waals surface area contributed by atoms with Crippen molar-refractivity contribution in [3.8, 4) is 0 Å². The van der Waals surface area contributed by atoms with Gasteiger partial charge in [0.05, 0.1) is 29.4 Å². The van der Waals surface area contributed by atoms with Gasteiger partial charge in [0.1, 0.15) is 0 Å². The van der Waals surface area contributed by atoms with Crippen molar-refractivity contribution in [1.29, 1.82) is 0 Å². The third-order valence-corrected chi connectivity index (χ3v) is 9.91. The Labute approximate surface area is 273 Å². The van der Waals surface area contributed by atoms with E-state index in [1.807, 2.05) is 0 Å². The molecule has 0 aliphatic heterocycles. The van der Waals surface area contributed by atoms with E-state index in [2.05, 4.69) is 0 Å². The van der Waals surface area contributed by atoms with Crippen LogP contribution in [-0.2, 0) is 0 Å². The number of thioether (sulfide) groups is 2. The summed E-state index contributed by atoms with van der Waals surface area (Å²) in [6.07, 6.45) is 0. The van der Waals surface area contributed by atoms with Gasteiger partial charge in [0, 0.05) is 0 Å². The van der Waals surface area contributed by atoms with Crippen LogP contribution in [-0.4, -0.2) is 4.59 Å². The van der Waals surface area contributed by atoms with Gasteiger partial charge in [-0.15, -0.1) is 0 Å². The smallest absolute Gasteiger partial charge is 0.202 e. The molecule has 264 valence electrons. The summed E-state index contributed by atoms with van der Waals surface area (Å²) in [6, 6.07) is 0. The van der Waals surface area contributed by atoms with E-state index < -0.39 is 186 Å². The van der Waals surface area contributed by atoms with Crippen molar-refractivity contribution in [1.82, 2.24) is 0 Å². The Bertz CT molecular complexity index is 1930. The summed E-state index contributed by atoms with van der Waals surface area (Å²) in [5.74, 6) is -49.6. The lowest BCUT2D eigenvalue weighted by molar-refractivity contribution is 0.210. The molecule has 0 amide bonds. The van der Waals surface area contributed by atoms with Crippen LogP contribution < -0.4 is 0 Å². The molecule has 0 bridgehead atoms. The molecule has 0 unspecified atom stereocenters. The van der Waals surface area contributed by atoms with Crippen LogP contribution in [0.4, 0.5) is 87.8 Å². The molecular formula is C25F20S4. The predicted molar refractivity (Wildman–Crippen MR) is 130 cm³/mol. The standard InChI is InChI=1S/C25F20S4/c26-1-3(28)7(32)19(8(33)4(1)29)46-20-11(36)13(38)21(14(39)12(20)37)47-22-15(40)17(42)24(18(43)16(22)41)49-25(44,45)48-23-9(34)5(30)2(27)6(31)10(23)35. The van der Waals surface area contributed by atoms with Crippen molar-refractivity contribution < 1.29 is 87.8 Å². The van der Waals surface area contributed by atoms with Gasteiger partial charge in [-0.2, -0.15) is 8.78 Å². The van der Waals surface area contributed by atoms with E-state index in [-0.39, 0.29) is 0 Å². The Balaban J connectivity index is 1.74. The van der Waals surface area contributed by atoms with Crippen molar-refractivity contribution in [2.24, 2.45) is 0 Å². The van der Waals surface area contributed by atoms with Crippen LogP contribution in [0.1, 0.15) is 0 Å². The molecular weight excluding hydrogens is 809 g/mol. The average Bonchev–Trinajstić information content (AvgIpc) is 3.06. The van der Waals surface area contributed by atoms with E-state index in [0.29, 0.717) is 0 Å². The van der Waals surface area contributed by atoms with E-state index in [4.69, 9.17) is 0 Å². The first kappa shape index (κ1) is 38.7. The van der Waals surface area contributed by atoms with E-state index in [0.717, 1.165) is 0 Å². The second-order valence-corrected chi connectivity index (χ2v) is 13.0. The zero-order chi connectivity index (χ0) is 37.2. The van der Waals surface area contributed by atoms with Crippen LogP contribution in [0.3, 0.4) is 0 Å². The van der Waals surface area contributed by atoms with Crippen molar-refractivity contribution in [3.05, 3.63) is 105 Å². The molecule has 4 aromatic carbocycles. The first-order valence-electron chi connectivity index (χ1n) is 11.4. The molecule has 4 aromatic rings. The highest BCUT2D eigenvalue weighted by Gasteiger charge is 2.42. The van der Waals surface area contributed by atoms with E-state index in [9.17, 15) is 87.8 Å². The fraction of sp³-hybridized carbons (Fsp3) is 0.0400. The van der Waals surface area contributed by atoms with Gasteiger partial charge in [-0.25, -0.2) is 79.0 Å². The molecule has 0 saturated heterocycles. The molecule has 0 N–H and O–H groups in total. The lowest BCUT2D eigenvalue weighted by atomic mass is 10.3. The predicted octanol–water partition coefficient (Wildman–Crippen LogP) is 11.9. The maximum Gasteiger partial charge on any atom is 0.350 e. The number of hydrogen-bond acceptors (Lipinski definition) is 4. The molecule has 0 radical (unpaired) electrons. The van der Waals surface area contributed by atoms with Crippen molar-refractivity contribution in [2.75, 3.05) is 0 Å². The zero-order valence-corrected chi connectivity index (χ0v) is 25.0. The Morgan fingerprint density at radius 1 is 0.224 bits per heavy atom. The van der Waals surface area contributed by atoms with Crippen molar-refractivity contribution in [3.63, 3.8) is 0 Å². The lowest BCUT2D eigenvalue weighted by Crippen LogP contribution is -2.12. The van der Waals surface area contributed by atoms with E-state index >= 15 is 0 Å². The van der Waals surface area contributed by atoms with Gasteiger partial charge in [-0.05, 0) is 23.5 Å². The van der Waals surface area contributed by atoms with E-state index in [1.54, 1.807) is 0 Å². The third-order valence-electron chi connectivity index (χ3n) is 5.55. The SMILES string of the molecule is Fc1c(F)c(F)c(Sc2c(F)c(F)c(Sc3c(F)c(F)c(SC(F)(F)Sc4c(F)c(F)c(F)c(F)c4F)c(F)c3F)c(F)c2F)c(F)c1F. The molecule has 0 aliphatic rings.